The number of ether oxygens (including phenoxy) is 1. The zero-order chi connectivity index (χ0) is 25.5. The Balaban J connectivity index is 1.49. The third-order valence-electron chi connectivity index (χ3n) is 7.70. The maximum Gasteiger partial charge on any atom is 0.328 e. The molecular weight excluding hydrogens is 532 g/mol. The molecule has 3 aliphatic carbocycles. The fourth-order valence-corrected chi connectivity index (χ4v) is 6.68. The molecule has 1 aromatic carbocycles. The number of primary amides is 1. The van der Waals surface area contributed by atoms with Crippen LogP contribution in [0.25, 0.3) is 0 Å². The Morgan fingerprint density at radius 3 is 2.67 bits per heavy atom. The number of benzene rings is 1. The fraction of sp³-hybridized carbons (Fsp3) is 0.269. The number of hydrogen-bond acceptors (Lipinski definition) is 7. The summed E-state index contributed by atoms with van der Waals surface area (Å²) in [5.74, 6) is -4.21. The summed E-state index contributed by atoms with van der Waals surface area (Å²) in [5, 5.41) is 9.97. The average Bonchev–Trinajstić information content (AvgIpc) is 3.10. The van der Waals surface area contributed by atoms with Gasteiger partial charge < -0.3 is 15.6 Å². The molecule has 1 saturated heterocycles. The number of carbonyl (C=O) groups is 5. The van der Waals surface area contributed by atoms with Crippen molar-refractivity contribution in [1.29, 1.82) is 0 Å². The van der Waals surface area contributed by atoms with E-state index in [1.165, 1.54) is 12.1 Å². The van der Waals surface area contributed by atoms with Gasteiger partial charge in [0.2, 0.25) is 11.8 Å². The molecule has 9 nitrogen and oxygen atoms in total. The summed E-state index contributed by atoms with van der Waals surface area (Å²) < 4.78 is 5.95. The first-order valence-electron chi connectivity index (χ1n) is 11.4. The van der Waals surface area contributed by atoms with E-state index in [2.05, 4.69) is 15.9 Å². The molecule has 0 unspecified atom stereocenters. The minimum atomic E-state index is -1.12. The number of imide groups is 3. The molecule has 3 N–H and O–H groups in total. The number of Topliss-reactive ketones (excluding diaryl/α,β-unsaturated/α-hetero) is 1. The van der Waals surface area contributed by atoms with Gasteiger partial charge in [0.25, 0.3) is 0 Å². The molecule has 0 aromatic heterocycles. The molecular formula is C26H19BrN2O7. The van der Waals surface area contributed by atoms with E-state index in [1.807, 2.05) is 6.08 Å². The van der Waals surface area contributed by atoms with Crippen molar-refractivity contribution in [2.45, 2.75) is 19.3 Å². The van der Waals surface area contributed by atoms with Crippen LogP contribution in [0.5, 0.6) is 11.5 Å². The summed E-state index contributed by atoms with van der Waals surface area (Å²) in [6, 6.07) is 3.62. The zero-order valence-corrected chi connectivity index (χ0v) is 20.3. The van der Waals surface area contributed by atoms with Crippen LogP contribution in [0, 0.1) is 23.7 Å². The summed E-state index contributed by atoms with van der Waals surface area (Å²) in [6.45, 7) is 0. The first-order chi connectivity index (χ1) is 17.2. The van der Waals surface area contributed by atoms with E-state index >= 15 is 0 Å². The Kier molecular flexibility index (Phi) is 4.95. The second kappa shape index (κ2) is 7.86. The standard InChI is InChI=1S/C26H19BrN2O7/c27-17-8-18(31)22-16(23(17)32)7-15-13(2-3-14-21(15)25(34)29(24(14)33)26(28)35)20(22)11-5-10-6-12(30)1-4-19(10)36-9-11/h1-2,4,6,8-9,14-15,20-21,30H,3,5,7H2,(H2,28,35)/t14-,15+,20-,21-/m0/s1. The van der Waals surface area contributed by atoms with Crippen LogP contribution in [0.3, 0.4) is 0 Å². The van der Waals surface area contributed by atoms with E-state index in [-0.39, 0.29) is 40.2 Å². The predicted molar refractivity (Wildman–Crippen MR) is 127 cm³/mol. The molecule has 0 bridgehead atoms. The van der Waals surface area contributed by atoms with Crippen LogP contribution in [0.15, 0.2) is 63.4 Å². The lowest BCUT2D eigenvalue weighted by Crippen LogP contribution is -2.43. The van der Waals surface area contributed by atoms with Crippen molar-refractivity contribution in [3.8, 4) is 11.5 Å². The summed E-state index contributed by atoms with van der Waals surface area (Å²) in [7, 11) is 0. The monoisotopic (exact) mass is 550 g/mol. The number of hydrogen-bond donors (Lipinski definition) is 2. The Hall–Kier alpha value is -3.79. The van der Waals surface area contributed by atoms with Gasteiger partial charge in [-0.1, -0.05) is 11.6 Å². The minimum Gasteiger partial charge on any atom is -0.508 e. The number of phenols is 1. The Morgan fingerprint density at radius 2 is 1.92 bits per heavy atom. The number of aromatic hydroxyl groups is 1. The number of rotatable bonds is 1. The van der Waals surface area contributed by atoms with Gasteiger partial charge in [-0.25, -0.2) is 4.79 Å². The maximum absolute atomic E-state index is 13.3. The molecule has 0 saturated carbocycles. The lowest BCUT2D eigenvalue weighted by molar-refractivity contribution is -0.136. The topological polar surface area (TPSA) is 144 Å². The molecule has 182 valence electrons. The molecule has 1 fully saturated rings. The highest BCUT2D eigenvalue weighted by Crippen LogP contribution is 2.54. The van der Waals surface area contributed by atoms with Gasteiger partial charge >= 0.3 is 6.03 Å². The van der Waals surface area contributed by atoms with Crippen LogP contribution in [-0.2, 0) is 25.6 Å². The summed E-state index contributed by atoms with van der Waals surface area (Å²) >= 11 is 3.18. The Labute approximate surface area is 213 Å². The summed E-state index contributed by atoms with van der Waals surface area (Å²) in [5.41, 5.74) is 8.08. The van der Waals surface area contributed by atoms with Gasteiger partial charge in [-0.05, 0) is 58.5 Å². The molecule has 2 heterocycles. The van der Waals surface area contributed by atoms with Gasteiger partial charge in [-0.15, -0.1) is 0 Å². The largest absolute Gasteiger partial charge is 0.508 e. The number of urea groups is 1. The third kappa shape index (κ3) is 3.10. The van der Waals surface area contributed by atoms with Crippen molar-refractivity contribution in [2.24, 2.45) is 29.4 Å². The van der Waals surface area contributed by atoms with Crippen molar-refractivity contribution in [2.75, 3.05) is 0 Å². The van der Waals surface area contributed by atoms with Crippen LogP contribution < -0.4 is 10.5 Å². The highest BCUT2D eigenvalue weighted by Gasteiger charge is 2.57. The van der Waals surface area contributed by atoms with Crippen LogP contribution in [0.4, 0.5) is 4.79 Å². The molecule has 2 aliphatic heterocycles. The SMILES string of the molecule is NC(=O)N1C(=O)[C@H]2[C@H](CC=C3[C@H](C4=COc5ccc(O)cc5C4)C4=C(C[C@H]32)C(=O)C(Br)=CC4=O)C1=O. The molecule has 0 spiro atoms. The highest BCUT2D eigenvalue weighted by molar-refractivity contribution is 9.12. The van der Waals surface area contributed by atoms with Crippen molar-refractivity contribution in [1.82, 2.24) is 4.90 Å². The molecule has 4 amide bonds. The highest BCUT2D eigenvalue weighted by atomic mass is 79.9. The molecule has 10 heteroatoms. The number of ketones is 2. The second-order valence-corrected chi connectivity index (χ2v) is 10.4. The number of phenolic OH excluding ortho intramolecular Hbond substituents is 1. The van der Waals surface area contributed by atoms with Crippen LogP contribution >= 0.6 is 15.9 Å². The normalized spacial score (nSPS) is 28.9. The number of nitrogens with zero attached hydrogens (tertiary/aromatic N) is 1. The number of likely N-dealkylation sites (tertiary alicyclic amines) is 1. The smallest absolute Gasteiger partial charge is 0.328 e. The van der Waals surface area contributed by atoms with Crippen LogP contribution in [-0.4, -0.2) is 39.4 Å². The number of fused-ring (bicyclic) bond motifs is 4. The molecule has 36 heavy (non-hydrogen) atoms. The van der Waals surface area contributed by atoms with Gasteiger partial charge in [0.05, 0.1) is 22.6 Å². The maximum atomic E-state index is 13.3. The van der Waals surface area contributed by atoms with Crippen LogP contribution in [0.2, 0.25) is 0 Å². The van der Waals surface area contributed by atoms with Gasteiger partial charge in [-0.2, -0.15) is 4.90 Å². The van der Waals surface area contributed by atoms with Gasteiger partial charge in [-0.3, -0.25) is 19.2 Å². The zero-order valence-electron chi connectivity index (χ0n) is 18.7. The average molecular weight is 551 g/mol. The lowest BCUT2D eigenvalue weighted by Gasteiger charge is -2.43. The Morgan fingerprint density at radius 1 is 1.14 bits per heavy atom. The van der Waals surface area contributed by atoms with Crippen molar-refractivity contribution >= 4 is 45.3 Å². The molecule has 5 aliphatic rings. The summed E-state index contributed by atoms with van der Waals surface area (Å²) in [6.07, 6.45) is 5.28. The van der Waals surface area contributed by atoms with Crippen molar-refractivity contribution in [3.05, 3.63) is 69.0 Å². The van der Waals surface area contributed by atoms with E-state index in [0.717, 1.165) is 5.57 Å². The molecule has 4 atom stereocenters. The first kappa shape index (κ1) is 22.7. The first-order valence-corrected chi connectivity index (χ1v) is 12.2. The van der Waals surface area contributed by atoms with E-state index in [1.54, 1.807) is 18.4 Å². The molecule has 0 radical (unpaired) electrons. The van der Waals surface area contributed by atoms with Gasteiger partial charge in [0.1, 0.15) is 11.5 Å². The van der Waals surface area contributed by atoms with E-state index in [0.29, 0.717) is 33.8 Å². The number of allylic oxidation sites excluding steroid dienone is 7. The fourth-order valence-electron chi connectivity index (χ4n) is 6.23. The van der Waals surface area contributed by atoms with E-state index in [4.69, 9.17) is 10.5 Å². The lowest BCUT2D eigenvalue weighted by atomic mass is 9.59. The molecule has 6 rings (SSSR count). The van der Waals surface area contributed by atoms with Gasteiger partial charge in [0, 0.05) is 35.1 Å². The number of carbonyl (C=O) groups excluding carboxylic acids is 5. The number of amides is 4. The number of halogens is 1. The second-order valence-electron chi connectivity index (χ2n) is 9.52. The quantitative estimate of drug-likeness (QED) is 0.310. The van der Waals surface area contributed by atoms with Crippen molar-refractivity contribution < 1.29 is 33.8 Å². The third-order valence-corrected chi connectivity index (χ3v) is 8.29. The predicted octanol–water partition coefficient (Wildman–Crippen LogP) is 2.58. The molecule has 1 aromatic rings. The summed E-state index contributed by atoms with van der Waals surface area (Å²) in [4.78, 5) is 64.9. The number of nitrogens with two attached hydrogens (primary N) is 1. The van der Waals surface area contributed by atoms with E-state index in [9.17, 15) is 29.1 Å². The van der Waals surface area contributed by atoms with Crippen LogP contribution in [0.1, 0.15) is 18.4 Å². The van der Waals surface area contributed by atoms with Crippen molar-refractivity contribution in [3.63, 3.8) is 0 Å². The Bertz CT molecular complexity index is 1450. The van der Waals surface area contributed by atoms with E-state index < -0.39 is 41.5 Å². The van der Waals surface area contributed by atoms with Gasteiger partial charge in [0.15, 0.2) is 11.6 Å². The minimum absolute atomic E-state index is 0.0668.